The number of aliphatic hydroxyl groups is 2. The van der Waals surface area contributed by atoms with Gasteiger partial charge in [0.1, 0.15) is 0 Å². The van der Waals surface area contributed by atoms with Gasteiger partial charge in [0.2, 0.25) is 0 Å². The van der Waals surface area contributed by atoms with Gasteiger partial charge in [-0.25, -0.2) is 0 Å². The number of rotatable bonds is 8. The van der Waals surface area contributed by atoms with Gasteiger partial charge in [-0.15, -0.1) is 0 Å². The van der Waals surface area contributed by atoms with Crippen LogP contribution in [0.25, 0.3) is 0 Å². The van der Waals surface area contributed by atoms with E-state index in [0.29, 0.717) is 19.6 Å². The number of benzene rings is 1. The zero-order valence-corrected chi connectivity index (χ0v) is 11.1. The molecule has 2 atom stereocenters. The first-order chi connectivity index (χ1) is 8.63. The highest BCUT2D eigenvalue weighted by molar-refractivity contribution is 5.13. The average Bonchev–Trinajstić information content (AvgIpc) is 2.37. The van der Waals surface area contributed by atoms with Gasteiger partial charge in [0, 0.05) is 6.04 Å². The van der Waals surface area contributed by atoms with Gasteiger partial charge in [0.05, 0.1) is 25.9 Å². The molecule has 1 aromatic rings. The van der Waals surface area contributed by atoms with E-state index in [0.717, 1.165) is 5.56 Å². The lowest BCUT2D eigenvalue weighted by Crippen LogP contribution is -2.36. The maximum absolute atomic E-state index is 9.81. The molecule has 0 aliphatic heterocycles. The molecule has 0 aliphatic rings. The molecule has 0 spiro atoms. The van der Waals surface area contributed by atoms with Crippen LogP contribution in [0.3, 0.4) is 0 Å². The minimum atomic E-state index is -0.548. The van der Waals surface area contributed by atoms with Crippen molar-refractivity contribution in [2.24, 2.45) is 0 Å². The Hall–Kier alpha value is -0.940. The van der Waals surface area contributed by atoms with Gasteiger partial charge in [-0.3, -0.25) is 0 Å². The average molecular weight is 253 g/mol. The molecule has 0 saturated carbocycles. The van der Waals surface area contributed by atoms with E-state index in [1.807, 2.05) is 49.3 Å². The summed E-state index contributed by atoms with van der Waals surface area (Å²) in [5.41, 5.74) is 1.09. The quantitative estimate of drug-likeness (QED) is 0.722. The van der Waals surface area contributed by atoms with Crippen LogP contribution in [0, 0.1) is 0 Å². The largest absolute Gasteiger partial charge is 0.395 e. The SMILES string of the molecule is CN(C)C(CO)CC(O)COCc1ccccc1. The van der Waals surface area contributed by atoms with E-state index >= 15 is 0 Å². The number of hydrogen-bond acceptors (Lipinski definition) is 4. The summed E-state index contributed by atoms with van der Waals surface area (Å²) in [5, 5.41) is 19.0. The molecule has 18 heavy (non-hydrogen) atoms. The van der Waals surface area contributed by atoms with Crippen molar-refractivity contribution in [1.29, 1.82) is 0 Å². The molecule has 2 N–H and O–H groups in total. The molecule has 1 rings (SSSR count). The topological polar surface area (TPSA) is 52.9 Å². The van der Waals surface area contributed by atoms with E-state index in [2.05, 4.69) is 0 Å². The summed E-state index contributed by atoms with van der Waals surface area (Å²) in [6.07, 6.45) is -0.0357. The highest BCUT2D eigenvalue weighted by Crippen LogP contribution is 2.06. The molecule has 0 aromatic heterocycles. The van der Waals surface area contributed by atoms with Crippen molar-refractivity contribution in [3.8, 4) is 0 Å². The van der Waals surface area contributed by atoms with Gasteiger partial charge >= 0.3 is 0 Å². The molecule has 0 radical (unpaired) electrons. The van der Waals surface area contributed by atoms with Crippen molar-refractivity contribution >= 4 is 0 Å². The molecular formula is C14H23NO3. The maximum Gasteiger partial charge on any atom is 0.0789 e. The van der Waals surface area contributed by atoms with Crippen molar-refractivity contribution in [3.05, 3.63) is 35.9 Å². The monoisotopic (exact) mass is 253 g/mol. The van der Waals surface area contributed by atoms with Gasteiger partial charge < -0.3 is 19.8 Å². The van der Waals surface area contributed by atoms with E-state index < -0.39 is 6.10 Å². The molecule has 0 fully saturated rings. The fraction of sp³-hybridized carbons (Fsp3) is 0.571. The van der Waals surface area contributed by atoms with Crippen LogP contribution >= 0.6 is 0 Å². The zero-order valence-electron chi connectivity index (χ0n) is 11.1. The minimum Gasteiger partial charge on any atom is -0.395 e. The molecule has 0 amide bonds. The summed E-state index contributed by atoms with van der Waals surface area (Å²) in [6.45, 7) is 0.839. The van der Waals surface area contributed by atoms with Gasteiger partial charge in [0.25, 0.3) is 0 Å². The molecule has 0 saturated heterocycles. The first-order valence-corrected chi connectivity index (χ1v) is 6.20. The lowest BCUT2D eigenvalue weighted by atomic mass is 10.1. The molecule has 0 bridgehead atoms. The number of aliphatic hydroxyl groups excluding tert-OH is 2. The van der Waals surface area contributed by atoms with E-state index in [9.17, 15) is 5.11 Å². The van der Waals surface area contributed by atoms with Crippen LogP contribution in [0.1, 0.15) is 12.0 Å². The van der Waals surface area contributed by atoms with Gasteiger partial charge in [-0.2, -0.15) is 0 Å². The first kappa shape index (κ1) is 15.1. The van der Waals surface area contributed by atoms with E-state index in [-0.39, 0.29) is 12.6 Å². The Kier molecular flexibility index (Phi) is 6.90. The number of hydrogen-bond donors (Lipinski definition) is 2. The second kappa shape index (κ2) is 8.21. The Bertz CT molecular complexity index is 316. The fourth-order valence-corrected chi connectivity index (χ4v) is 1.72. The standard InChI is InChI=1S/C14H23NO3/c1-15(2)13(9-16)8-14(17)11-18-10-12-6-4-3-5-7-12/h3-7,13-14,16-17H,8-11H2,1-2H3. The van der Waals surface area contributed by atoms with Gasteiger partial charge in [0.15, 0.2) is 0 Å². The lowest BCUT2D eigenvalue weighted by molar-refractivity contribution is 0.00681. The van der Waals surface area contributed by atoms with Crippen LogP contribution in [0.5, 0.6) is 0 Å². The smallest absolute Gasteiger partial charge is 0.0789 e. The van der Waals surface area contributed by atoms with E-state index in [4.69, 9.17) is 9.84 Å². The Morgan fingerprint density at radius 2 is 1.89 bits per heavy atom. The van der Waals surface area contributed by atoms with Crippen LogP contribution in [-0.4, -0.2) is 54.6 Å². The highest BCUT2D eigenvalue weighted by atomic mass is 16.5. The molecule has 2 unspecified atom stereocenters. The summed E-state index contributed by atoms with van der Waals surface area (Å²) >= 11 is 0. The molecule has 4 heteroatoms. The van der Waals surface area contributed by atoms with E-state index in [1.165, 1.54) is 0 Å². The summed E-state index contributed by atoms with van der Waals surface area (Å²) in [5.74, 6) is 0. The van der Waals surface area contributed by atoms with Gasteiger partial charge in [-0.1, -0.05) is 30.3 Å². The van der Waals surface area contributed by atoms with Crippen LogP contribution in [0.15, 0.2) is 30.3 Å². The van der Waals surface area contributed by atoms with Gasteiger partial charge in [-0.05, 0) is 26.1 Å². The Morgan fingerprint density at radius 3 is 2.44 bits per heavy atom. The van der Waals surface area contributed by atoms with Crippen molar-refractivity contribution in [3.63, 3.8) is 0 Å². The summed E-state index contributed by atoms with van der Waals surface area (Å²) < 4.78 is 5.46. The number of nitrogens with zero attached hydrogens (tertiary/aromatic N) is 1. The Balaban J connectivity index is 2.23. The third-order valence-corrected chi connectivity index (χ3v) is 2.91. The minimum absolute atomic E-state index is 0.0275. The fourth-order valence-electron chi connectivity index (χ4n) is 1.72. The summed E-state index contributed by atoms with van der Waals surface area (Å²) in [6, 6.07) is 9.83. The van der Waals surface area contributed by atoms with Crippen molar-refractivity contribution in [2.45, 2.75) is 25.2 Å². The molecule has 1 aromatic carbocycles. The van der Waals surface area contributed by atoms with Crippen LogP contribution < -0.4 is 0 Å². The molecule has 0 heterocycles. The predicted molar refractivity (Wildman–Crippen MR) is 71.3 cm³/mol. The third kappa shape index (κ3) is 5.60. The first-order valence-electron chi connectivity index (χ1n) is 6.20. The highest BCUT2D eigenvalue weighted by Gasteiger charge is 2.15. The van der Waals surface area contributed by atoms with Crippen LogP contribution in [-0.2, 0) is 11.3 Å². The zero-order chi connectivity index (χ0) is 13.4. The summed E-state index contributed by atoms with van der Waals surface area (Å²) in [4.78, 5) is 1.90. The molecule has 102 valence electrons. The van der Waals surface area contributed by atoms with Crippen molar-refractivity contribution < 1.29 is 14.9 Å². The Morgan fingerprint density at radius 1 is 1.22 bits per heavy atom. The van der Waals surface area contributed by atoms with Crippen LogP contribution in [0.4, 0.5) is 0 Å². The third-order valence-electron chi connectivity index (χ3n) is 2.91. The Labute approximate surface area is 109 Å². The second-order valence-electron chi connectivity index (χ2n) is 4.69. The summed E-state index contributed by atoms with van der Waals surface area (Å²) in [7, 11) is 3.77. The molecule has 4 nitrogen and oxygen atoms in total. The normalized spacial score (nSPS) is 14.7. The predicted octanol–water partition coefficient (Wildman–Crippen LogP) is 0.877. The molecule has 0 aliphatic carbocycles. The van der Waals surface area contributed by atoms with Crippen LogP contribution in [0.2, 0.25) is 0 Å². The maximum atomic E-state index is 9.81. The van der Waals surface area contributed by atoms with Crippen molar-refractivity contribution in [1.82, 2.24) is 4.90 Å². The van der Waals surface area contributed by atoms with Crippen molar-refractivity contribution in [2.75, 3.05) is 27.3 Å². The second-order valence-corrected chi connectivity index (χ2v) is 4.69. The number of ether oxygens (including phenoxy) is 1. The lowest BCUT2D eigenvalue weighted by Gasteiger charge is -2.24. The number of likely N-dealkylation sites (N-methyl/N-ethyl adjacent to an activating group) is 1. The van der Waals surface area contributed by atoms with E-state index in [1.54, 1.807) is 0 Å². The molecular weight excluding hydrogens is 230 g/mol.